The zero-order chi connectivity index (χ0) is 26.0. The number of halogens is 2. The van der Waals surface area contributed by atoms with Crippen LogP contribution >= 0.6 is 0 Å². The topological polar surface area (TPSA) is 56.2 Å². The Morgan fingerprint density at radius 3 is 2.22 bits per heavy atom. The fourth-order valence-corrected chi connectivity index (χ4v) is 4.33. The van der Waals surface area contributed by atoms with Gasteiger partial charge in [-0.05, 0) is 31.9 Å². The number of carbonyl (C=O) groups excluding carboxylic acids is 1. The van der Waals surface area contributed by atoms with Gasteiger partial charge < -0.3 is 14.6 Å². The summed E-state index contributed by atoms with van der Waals surface area (Å²) in [6, 6.07) is 23.5. The number of hydrogen-bond donors (Lipinski definition) is 1. The van der Waals surface area contributed by atoms with Crippen LogP contribution in [0.15, 0.2) is 78.9 Å². The van der Waals surface area contributed by atoms with E-state index in [0.717, 1.165) is 79.1 Å². The number of aryl methyl sites for hydroxylation is 1. The molecular weight excluding hydrogens is 472 g/mol. The van der Waals surface area contributed by atoms with Crippen LogP contribution in [-0.2, 0) is 6.54 Å². The number of unbranched alkanes of at least 4 members (excludes halogenated alkanes) is 4. The van der Waals surface area contributed by atoms with Gasteiger partial charge in [0.15, 0.2) is 11.6 Å². The third-order valence-electron chi connectivity index (χ3n) is 6.18. The van der Waals surface area contributed by atoms with Gasteiger partial charge in [0.05, 0.1) is 11.4 Å². The summed E-state index contributed by atoms with van der Waals surface area (Å²) in [7, 11) is 0. The lowest BCUT2D eigenvalue weighted by Crippen LogP contribution is -2.28. The number of benzene rings is 3. The molecule has 7 heteroatoms. The zero-order valence-electron chi connectivity index (χ0n) is 20.9. The number of rotatable bonds is 11. The molecule has 0 spiro atoms. The van der Waals surface area contributed by atoms with Crippen molar-refractivity contribution < 1.29 is 18.3 Å². The molecule has 4 rings (SSSR count). The Balaban J connectivity index is 1.24. The molecule has 0 unspecified atom stereocenters. The molecule has 1 aromatic heterocycles. The highest BCUT2D eigenvalue weighted by Gasteiger charge is 2.17. The van der Waals surface area contributed by atoms with Crippen LogP contribution in [-0.4, -0.2) is 22.2 Å². The van der Waals surface area contributed by atoms with E-state index in [9.17, 15) is 13.6 Å². The summed E-state index contributed by atoms with van der Waals surface area (Å²) in [5, 5.41) is 2.61. The monoisotopic (exact) mass is 503 g/mol. The fourth-order valence-electron chi connectivity index (χ4n) is 4.33. The number of amides is 1. The van der Waals surface area contributed by atoms with Crippen molar-refractivity contribution in [3.8, 4) is 28.3 Å². The highest BCUT2D eigenvalue weighted by molar-refractivity contribution is 5.79. The Kier molecular flexibility index (Phi) is 9.03. The molecule has 0 aliphatic heterocycles. The first-order valence-corrected chi connectivity index (χ1v) is 12.6. The first-order valence-electron chi connectivity index (χ1n) is 12.6. The van der Waals surface area contributed by atoms with Gasteiger partial charge in [-0.2, -0.15) is 0 Å². The van der Waals surface area contributed by atoms with Crippen LogP contribution in [0.5, 0.6) is 5.75 Å². The molecule has 37 heavy (non-hydrogen) atoms. The van der Waals surface area contributed by atoms with Gasteiger partial charge in [-0.3, -0.25) is 0 Å². The molecule has 0 bridgehead atoms. The van der Waals surface area contributed by atoms with Crippen molar-refractivity contribution in [2.24, 2.45) is 0 Å². The highest BCUT2D eigenvalue weighted by Crippen LogP contribution is 2.33. The number of nitrogens with one attached hydrogen (secondary N) is 1. The molecule has 4 aromatic rings. The lowest BCUT2D eigenvalue weighted by molar-refractivity contribution is 0.198. The second-order valence-electron chi connectivity index (χ2n) is 8.90. The molecule has 3 aromatic carbocycles. The van der Waals surface area contributed by atoms with Crippen LogP contribution in [0, 0.1) is 18.6 Å². The molecule has 0 saturated carbocycles. The maximum atomic E-state index is 13.6. The lowest BCUT2D eigenvalue weighted by Gasteiger charge is -2.12. The Morgan fingerprint density at radius 2 is 1.51 bits per heavy atom. The quantitative estimate of drug-likeness (QED) is 0.215. The van der Waals surface area contributed by atoms with Crippen LogP contribution in [0.25, 0.3) is 22.5 Å². The normalized spacial score (nSPS) is 10.9. The molecule has 0 aliphatic carbocycles. The third-order valence-corrected chi connectivity index (χ3v) is 6.18. The van der Waals surface area contributed by atoms with Crippen molar-refractivity contribution in [3.63, 3.8) is 0 Å². The van der Waals surface area contributed by atoms with Gasteiger partial charge in [0, 0.05) is 30.3 Å². The van der Waals surface area contributed by atoms with Crippen LogP contribution in [0.1, 0.15) is 37.9 Å². The van der Waals surface area contributed by atoms with E-state index in [1.54, 1.807) is 0 Å². The molecule has 192 valence electrons. The van der Waals surface area contributed by atoms with Gasteiger partial charge in [-0.15, -0.1) is 0 Å². The van der Waals surface area contributed by atoms with E-state index in [0.29, 0.717) is 12.6 Å². The standard InChI is InChI=1S/C30H31F2N3O2/c1-22-34-28(23-13-7-5-8-14-23)29(24-15-9-6-10-16-24)35(22)20-12-4-2-3-11-19-33-30(36)37-27-18-17-25(31)21-26(27)32/h5-10,13-18,21H,2-4,11-12,19-20H2,1H3,(H,33,36). The molecule has 0 aliphatic rings. The van der Waals surface area contributed by atoms with Gasteiger partial charge in [-0.1, -0.05) is 79.9 Å². The first-order chi connectivity index (χ1) is 18.0. The number of nitrogens with zero attached hydrogens (tertiary/aromatic N) is 2. The van der Waals surface area contributed by atoms with Crippen LogP contribution in [0.3, 0.4) is 0 Å². The average molecular weight is 504 g/mol. The summed E-state index contributed by atoms with van der Waals surface area (Å²) in [5.41, 5.74) is 4.41. The Morgan fingerprint density at radius 1 is 0.865 bits per heavy atom. The predicted octanol–water partition coefficient (Wildman–Crippen LogP) is 7.54. The zero-order valence-corrected chi connectivity index (χ0v) is 20.9. The van der Waals surface area contributed by atoms with Gasteiger partial charge in [0.25, 0.3) is 0 Å². The van der Waals surface area contributed by atoms with Crippen molar-refractivity contribution in [2.75, 3.05) is 6.54 Å². The van der Waals surface area contributed by atoms with Gasteiger partial charge in [0.2, 0.25) is 0 Å². The number of ether oxygens (including phenoxy) is 1. The van der Waals surface area contributed by atoms with Gasteiger partial charge in [-0.25, -0.2) is 18.6 Å². The van der Waals surface area contributed by atoms with Crippen molar-refractivity contribution in [2.45, 2.75) is 45.6 Å². The molecule has 0 radical (unpaired) electrons. The molecule has 1 heterocycles. The van der Waals surface area contributed by atoms with Gasteiger partial charge >= 0.3 is 6.09 Å². The van der Waals surface area contributed by atoms with Crippen LogP contribution < -0.4 is 10.1 Å². The minimum absolute atomic E-state index is 0.293. The second-order valence-corrected chi connectivity index (χ2v) is 8.90. The summed E-state index contributed by atoms with van der Waals surface area (Å²) in [6.45, 7) is 3.37. The molecule has 1 amide bonds. The summed E-state index contributed by atoms with van der Waals surface area (Å²) in [5.74, 6) is -0.923. The summed E-state index contributed by atoms with van der Waals surface area (Å²) >= 11 is 0. The van der Waals surface area contributed by atoms with Crippen molar-refractivity contribution in [1.82, 2.24) is 14.9 Å². The molecule has 1 N–H and O–H groups in total. The Hall–Kier alpha value is -4.00. The van der Waals surface area contributed by atoms with E-state index < -0.39 is 17.7 Å². The van der Waals surface area contributed by atoms with Crippen molar-refractivity contribution in [1.29, 1.82) is 0 Å². The molecule has 5 nitrogen and oxygen atoms in total. The molecule has 0 atom stereocenters. The number of hydrogen-bond acceptors (Lipinski definition) is 3. The average Bonchev–Trinajstić information content (AvgIpc) is 3.24. The summed E-state index contributed by atoms with van der Waals surface area (Å²) < 4.78 is 33.7. The number of imidazole rings is 1. The van der Waals surface area contributed by atoms with Crippen molar-refractivity contribution in [3.05, 3.63) is 96.3 Å². The van der Waals surface area contributed by atoms with Crippen molar-refractivity contribution >= 4 is 6.09 Å². The predicted molar refractivity (Wildman–Crippen MR) is 141 cm³/mol. The minimum atomic E-state index is -0.908. The Bertz CT molecular complexity index is 1310. The SMILES string of the molecule is Cc1nc(-c2ccccc2)c(-c2ccccc2)n1CCCCCCCNC(=O)Oc1ccc(F)cc1F. The van der Waals surface area contributed by atoms with E-state index in [4.69, 9.17) is 9.72 Å². The first kappa shape index (κ1) is 26.1. The van der Waals surface area contributed by atoms with E-state index in [-0.39, 0.29) is 5.75 Å². The summed E-state index contributed by atoms with van der Waals surface area (Å²) in [4.78, 5) is 16.7. The van der Waals surface area contributed by atoms with Crippen LogP contribution in [0.2, 0.25) is 0 Å². The maximum absolute atomic E-state index is 13.6. The largest absolute Gasteiger partial charge is 0.412 e. The van der Waals surface area contributed by atoms with Crippen LogP contribution in [0.4, 0.5) is 13.6 Å². The van der Waals surface area contributed by atoms with E-state index >= 15 is 0 Å². The third kappa shape index (κ3) is 7.03. The lowest BCUT2D eigenvalue weighted by atomic mass is 10.0. The number of carbonyl (C=O) groups is 1. The highest BCUT2D eigenvalue weighted by atomic mass is 19.1. The molecular formula is C30H31F2N3O2. The maximum Gasteiger partial charge on any atom is 0.412 e. The fraction of sp³-hybridized carbons (Fsp3) is 0.267. The second kappa shape index (κ2) is 12.8. The molecule has 0 saturated heterocycles. The van der Waals surface area contributed by atoms with E-state index in [1.165, 1.54) is 0 Å². The Labute approximate surface area is 216 Å². The smallest absolute Gasteiger partial charge is 0.407 e. The summed E-state index contributed by atoms with van der Waals surface area (Å²) in [6.07, 6.45) is 4.10. The number of aromatic nitrogens is 2. The minimum Gasteiger partial charge on any atom is -0.407 e. The van der Waals surface area contributed by atoms with Gasteiger partial charge in [0.1, 0.15) is 11.6 Å². The van der Waals surface area contributed by atoms with E-state index in [1.807, 2.05) is 24.3 Å². The molecule has 0 fully saturated rings. The van der Waals surface area contributed by atoms with E-state index in [2.05, 4.69) is 53.2 Å².